The molecule has 0 aliphatic heterocycles. The summed E-state index contributed by atoms with van der Waals surface area (Å²) in [5.74, 6) is 1.89. The summed E-state index contributed by atoms with van der Waals surface area (Å²) < 4.78 is 7.85. The van der Waals surface area contributed by atoms with E-state index in [9.17, 15) is 4.79 Å². The van der Waals surface area contributed by atoms with E-state index in [1.165, 1.54) is 0 Å². The fourth-order valence-electron chi connectivity index (χ4n) is 4.64. The van der Waals surface area contributed by atoms with Crippen molar-refractivity contribution in [3.8, 4) is 17.6 Å². The molecule has 0 saturated carbocycles. The van der Waals surface area contributed by atoms with Gasteiger partial charge in [-0.05, 0) is 59.7 Å². The van der Waals surface area contributed by atoms with Crippen LogP contribution in [0, 0.1) is 11.3 Å². The molecule has 0 spiro atoms. The van der Waals surface area contributed by atoms with E-state index in [0.717, 1.165) is 27.8 Å². The molecule has 204 valence electrons. The van der Waals surface area contributed by atoms with Crippen molar-refractivity contribution in [2.75, 3.05) is 0 Å². The molecule has 4 aromatic carbocycles. The van der Waals surface area contributed by atoms with Gasteiger partial charge in [-0.15, -0.1) is 10.2 Å². The molecular formula is C34H26N6O2. The number of nitrogens with zero attached hydrogens (tertiary/aromatic N) is 6. The van der Waals surface area contributed by atoms with Gasteiger partial charge in [-0.2, -0.15) is 5.26 Å². The van der Waals surface area contributed by atoms with E-state index in [-0.39, 0.29) is 12.5 Å². The molecule has 0 aliphatic carbocycles. The van der Waals surface area contributed by atoms with Gasteiger partial charge in [-0.1, -0.05) is 66.7 Å². The summed E-state index contributed by atoms with van der Waals surface area (Å²) in [5.41, 5.74) is 3.65. The zero-order chi connectivity index (χ0) is 28.7. The maximum Gasteiger partial charge on any atom is 0.273 e. The second kappa shape index (κ2) is 12.1. The average Bonchev–Trinajstić information content (AvgIpc) is 3.48. The molecule has 0 aliphatic rings. The molecule has 6 rings (SSSR count). The summed E-state index contributed by atoms with van der Waals surface area (Å²) in [6.45, 7) is 1.07. The highest BCUT2D eigenvalue weighted by Crippen LogP contribution is 2.23. The van der Waals surface area contributed by atoms with Gasteiger partial charge >= 0.3 is 0 Å². The molecule has 0 N–H and O–H groups in total. The summed E-state index contributed by atoms with van der Waals surface area (Å²) in [6.07, 6.45) is 1.65. The minimum absolute atomic E-state index is 0.210. The molecule has 0 fully saturated rings. The van der Waals surface area contributed by atoms with Crippen LogP contribution >= 0.6 is 0 Å². The number of aromatic nitrogens is 4. The predicted molar refractivity (Wildman–Crippen MR) is 159 cm³/mol. The van der Waals surface area contributed by atoms with E-state index < -0.39 is 0 Å². The minimum Gasteiger partial charge on any atom is -0.457 e. The molecular weight excluding hydrogens is 524 g/mol. The molecule has 2 heterocycles. The van der Waals surface area contributed by atoms with E-state index >= 15 is 0 Å². The molecule has 6 aromatic rings. The van der Waals surface area contributed by atoms with E-state index in [1.54, 1.807) is 29.4 Å². The Balaban J connectivity index is 1.26. The maximum absolute atomic E-state index is 13.9. The number of para-hydroxylation sites is 2. The van der Waals surface area contributed by atoms with Gasteiger partial charge in [0.05, 0.1) is 30.2 Å². The van der Waals surface area contributed by atoms with Gasteiger partial charge in [-0.25, -0.2) is 4.98 Å². The summed E-state index contributed by atoms with van der Waals surface area (Å²) in [6, 6.07) is 38.2. The molecule has 2 aromatic heterocycles. The highest BCUT2D eigenvalue weighted by atomic mass is 16.5. The molecule has 8 heteroatoms. The van der Waals surface area contributed by atoms with Crippen LogP contribution in [0.25, 0.3) is 10.9 Å². The predicted octanol–water partition coefficient (Wildman–Crippen LogP) is 6.38. The molecule has 1 amide bonds. The number of nitriles is 1. The first kappa shape index (κ1) is 26.4. The van der Waals surface area contributed by atoms with Crippen molar-refractivity contribution in [2.24, 2.45) is 0 Å². The minimum atomic E-state index is -0.210. The normalized spacial score (nSPS) is 10.7. The standard InChI is InChI=1S/C34H26N6O2/c35-20-25-10-12-26(13-11-25)22-40-24-36-38-33(40)23-39(34(41)32-19-16-28-6-4-5-9-31(28)37-32)21-27-14-17-30(18-15-27)42-29-7-2-1-3-8-29/h1-19,24H,21-23H2. The topological polar surface area (TPSA) is 96.9 Å². The SMILES string of the molecule is N#Cc1ccc(Cn2cnnc2CN(Cc2ccc(Oc3ccccc3)cc2)C(=O)c2ccc3ccccc3n2)cc1. The number of carbonyl (C=O) groups excluding carboxylic acids is 1. The lowest BCUT2D eigenvalue weighted by Gasteiger charge is -2.23. The molecule has 8 nitrogen and oxygen atoms in total. The van der Waals surface area contributed by atoms with Crippen molar-refractivity contribution in [1.82, 2.24) is 24.6 Å². The number of carbonyl (C=O) groups is 1. The third-order valence-electron chi connectivity index (χ3n) is 6.84. The summed E-state index contributed by atoms with van der Waals surface area (Å²) in [4.78, 5) is 20.3. The van der Waals surface area contributed by atoms with Crippen LogP contribution < -0.4 is 4.74 Å². The number of hydrogen-bond donors (Lipinski definition) is 0. The fourth-order valence-corrected chi connectivity index (χ4v) is 4.64. The largest absolute Gasteiger partial charge is 0.457 e. The number of fused-ring (bicyclic) bond motifs is 1. The van der Waals surface area contributed by atoms with Gasteiger partial charge in [0.15, 0.2) is 5.82 Å². The second-order valence-electron chi connectivity index (χ2n) is 9.79. The highest BCUT2D eigenvalue weighted by Gasteiger charge is 2.21. The van der Waals surface area contributed by atoms with Gasteiger partial charge in [0.25, 0.3) is 5.91 Å². The summed E-state index contributed by atoms with van der Waals surface area (Å²) in [5, 5.41) is 18.5. The Morgan fingerprint density at radius 3 is 2.29 bits per heavy atom. The summed E-state index contributed by atoms with van der Waals surface area (Å²) >= 11 is 0. The van der Waals surface area contributed by atoms with Gasteiger partial charge in [0.1, 0.15) is 23.5 Å². The monoisotopic (exact) mass is 550 g/mol. The van der Waals surface area contributed by atoms with Gasteiger partial charge < -0.3 is 14.2 Å². The number of pyridine rings is 1. The van der Waals surface area contributed by atoms with Crippen LogP contribution in [0.1, 0.15) is 33.0 Å². The lowest BCUT2D eigenvalue weighted by atomic mass is 10.1. The Morgan fingerprint density at radius 1 is 0.786 bits per heavy atom. The molecule has 0 unspecified atom stereocenters. The molecule has 0 atom stereocenters. The average molecular weight is 551 g/mol. The van der Waals surface area contributed by atoms with Crippen LogP contribution in [0.15, 0.2) is 122 Å². The van der Waals surface area contributed by atoms with E-state index in [2.05, 4.69) is 21.3 Å². The Kier molecular flexibility index (Phi) is 7.64. The quantitative estimate of drug-likeness (QED) is 0.207. The van der Waals surface area contributed by atoms with E-state index in [4.69, 9.17) is 10.00 Å². The van der Waals surface area contributed by atoms with Gasteiger partial charge in [-0.3, -0.25) is 4.79 Å². The van der Waals surface area contributed by atoms with Crippen molar-refractivity contribution in [3.05, 3.63) is 150 Å². The number of ether oxygens (including phenoxy) is 1. The zero-order valence-electron chi connectivity index (χ0n) is 22.7. The van der Waals surface area contributed by atoms with Crippen LogP contribution in [0.4, 0.5) is 0 Å². The lowest BCUT2D eigenvalue weighted by molar-refractivity contribution is 0.0718. The van der Waals surface area contributed by atoms with Crippen LogP contribution in [-0.4, -0.2) is 30.6 Å². The fraction of sp³-hybridized carbons (Fsp3) is 0.0882. The van der Waals surface area contributed by atoms with E-state index in [0.29, 0.717) is 35.9 Å². The number of hydrogen-bond acceptors (Lipinski definition) is 6. The first-order chi connectivity index (χ1) is 20.6. The third kappa shape index (κ3) is 6.16. The van der Waals surface area contributed by atoms with Crippen LogP contribution in [0.5, 0.6) is 11.5 Å². The molecule has 0 bridgehead atoms. The Labute approximate surface area is 243 Å². The number of benzene rings is 4. The smallest absolute Gasteiger partial charge is 0.273 e. The van der Waals surface area contributed by atoms with Gasteiger partial charge in [0, 0.05) is 11.9 Å². The highest BCUT2D eigenvalue weighted by molar-refractivity contribution is 5.94. The molecule has 0 saturated heterocycles. The first-order valence-corrected chi connectivity index (χ1v) is 13.5. The van der Waals surface area contributed by atoms with Gasteiger partial charge in [0.2, 0.25) is 0 Å². The Bertz CT molecular complexity index is 1860. The Hall–Kier alpha value is -5.81. The van der Waals surface area contributed by atoms with E-state index in [1.807, 2.05) is 102 Å². The van der Waals surface area contributed by atoms with Crippen LogP contribution in [0.3, 0.4) is 0 Å². The van der Waals surface area contributed by atoms with Crippen molar-refractivity contribution < 1.29 is 9.53 Å². The lowest BCUT2D eigenvalue weighted by Crippen LogP contribution is -2.32. The molecule has 0 radical (unpaired) electrons. The van der Waals surface area contributed by atoms with Crippen molar-refractivity contribution in [1.29, 1.82) is 5.26 Å². The maximum atomic E-state index is 13.9. The van der Waals surface area contributed by atoms with Crippen LogP contribution in [-0.2, 0) is 19.6 Å². The molecule has 42 heavy (non-hydrogen) atoms. The Morgan fingerprint density at radius 2 is 1.50 bits per heavy atom. The number of amides is 1. The first-order valence-electron chi connectivity index (χ1n) is 13.5. The van der Waals surface area contributed by atoms with Crippen molar-refractivity contribution in [2.45, 2.75) is 19.6 Å². The van der Waals surface area contributed by atoms with Crippen molar-refractivity contribution >= 4 is 16.8 Å². The van der Waals surface area contributed by atoms with Crippen LogP contribution in [0.2, 0.25) is 0 Å². The number of rotatable bonds is 9. The van der Waals surface area contributed by atoms with Crippen molar-refractivity contribution in [3.63, 3.8) is 0 Å². The second-order valence-corrected chi connectivity index (χ2v) is 9.79. The zero-order valence-corrected chi connectivity index (χ0v) is 22.7. The third-order valence-corrected chi connectivity index (χ3v) is 6.84. The summed E-state index contributed by atoms with van der Waals surface area (Å²) in [7, 11) is 0.